The average molecular weight is 212 g/mol. The molecule has 0 aliphatic heterocycles. The Morgan fingerprint density at radius 2 is 2.13 bits per heavy atom. The van der Waals surface area contributed by atoms with Crippen molar-refractivity contribution in [3.63, 3.8) is 0 Å². The van der Waals surface area contributed by atoms with Gasteiger partial charge in [0.25, 0.3) is 0 Å². The van der Waals surface area contributed by atoms with Gasteiger partial charge in [-0.1, -0.05) is 13.8 Å². The van der Waals surface area contributed by atoms with E-state index in [2.05, 4.69) is 6.07 Å². The topological polar surface area (TPSA) is 53.3 Å². The Morgan fingerprint density at radius 3 is 2.53 bits per heavy atom. The molecule has 0 N–H and O–H groups in total. The summed E-state index contributed by atoms with van der Waals surface area (Å²) >= 11 is 0. The second kappa shape index (κ2) is 7.24. The molecule has 4 nitrogen and oxygen atoms in total. The molecule has 0 aromatic rings. The van der Waals surface area contributed by atoms with Gasteiger partial charge in [-0.2, -0.15) is 5.26 Å². The molecule has 0 saturated carbocycles. The fourth-order valence-corrected chi connectivity index (χ4v) is 1.28. The van der Waals surface area contributed by atoms with Crippen molar-refractivity contribution in [1.29, 1.82) is 5.26 Å². The maximum Gasteiger partial charge on any atom is 0.239 e. The summed E-state index contributed by atoms with van der Waals surface area (Å²) in [4.78, 5) is 13.4. The van der Waals surface area contributed by atoms with E-state index in [0.29, 0.717) is 13.2 Å². The molecule has 1 unspecified atom stereocenters. The van der Waals surface area contributed by atoms with Crippen LogP contribution < -0.4 is 0 Å². The summed E-state index contributed by atoms with van der Waals surface area (Å²) in [5.74, 6) is -0.562. The highest BCUT2D eigenvalue weighted by molar-refractivity contribution is 5.81. The molecule has 1 atom stereocenters. The number of carbonyl (C=O) groups is 1. The summed E-state index contributed by atoms with van der Waals surface area (Å²) in [7, 11) is 3.36. The molecule has 0 fully saturated rings. The zero-order valence-corrected chi connectivity index (χ0v) is 9.99. The molecule has 0 rings (SSSR count). The molecule has 0 radical (unpaired) electrons. The first-order valence-corrected chi connectivity index (χ1v) is 5.18. The predicted octanol–water partition coefficient (Wildman–Crippen LogP) is 1.28. The van der Waals surface area contributed by atoms with E-state index < -0.39 is 5.92 Å². The van der Waals surface area contributed by atoms with E-state index in [1.165, 1.54) is 0 Å². The summed E-state index contributed by atoms with van der Waals surface area (Å²) in [5.41, 5.74) is 0. The van der Waals surface area contributed by atoms with Crippen LogP contribution in [0.15, 0.2) is 0 Å². The van der Waals surface area contributed by atoms with Gasteiger partial charge in [0.1, 0.15) is 5.92 Å². The number of carbonyl (C=O) groups excluding carboxylic acids is 1. The Balaban J connectivity index is 4.12. The molecule has 86 valence electrons. The fourth-order valence-electron chi connectivity index (χ4n) is 1.28. The van der Waals surface area contributed by atoms with Crippen molar-refractivity contribution in [3.8, 4) is 6.07 Å². The summed E-state index contributed by atoms with van der Waals surface area (Å²) in [6.07, 6.45) is 0.801. The first kappa shape index (κ1) is 13.9. The van der Waals surface area contributed by atoms with Crippen LogP contribution in [0.4, 0.5) is 0 Å². The van der Waals surface area contributed by atoms with Crippen molar-refractivity contribution in [3.05, 3.63) is 0 Å². The number of nitriles is 1. The quantitative estimate of drug-likeness (QED) is 0.623. The molecule has 0 saturated heterocycles. The van der Waals surface area contributed by atoms with Gasteiger partial charge >= 0.3 is 0 Å². The maximum atomic E-state index is 11.8. The van der Waals surface area contributed by atoms with Gasteiger partial charge in [0.15, 0.2) is 0 Å². The Kier molecular flexibility index (Phi) is 6.72. The first-order chi connectivity index (χ1) is 7.04. The van der Waals surface area contributed by atoms with Crippen LogP contribution in [0, 0.1) is 23.2 Å². The van der Waals surface area contributed by atoms with Crippen molar-refractivity contribution in [2.75, 3.05) is 27.3 Å². The SMILES string of the molecule is COCCCN(C)C(=O)C(C#N)C(C)C. The molecule has 0 aliphatic carbocycles. The van der Waals surface area contributed by atoms with E-state index in [4.69, 9.17) is 10.00 Å². The summed E-state index contributed by atoms with van der Waals surface area (Å²) < 4.78 is 4.90. The minimum absolute atomic E-state index is 0.0624. The molecular formula is C11H20N2O2. The molecule has 0 bridgehead atoms. The zero-order chi connectivity index (χ0) is 11.8. The van der Waals surface area contributed by atoms with Gasteiger partial charge in [0.2, 0.25) is 5.91 Å². The van der Waals surface area contributed by atoms with E-state index in [0.717, 1.165) is 6.42 Å². The third kappa shape index (κ3) is 4.80. The largest absolute Gasteiger partial charge is 0.385 e. The highest BCUT2D eigenvalue weighted by Gasteiger charge is 2.24. The molecule has 0 aromatic heterocycles. The van der Waals surface area contributed by atoms with Gasteiger partial charge in [-0.15, -0.1) is 0 Å². The average Bonchev–Trinajstić information content (AvgIpc) is 2.18. The molecule has 0 aromatic carbocycles. The lowest BCUT2D eigenvalue weighted by molar-refractivity contribution is -0.133. The predicted molar refractivity (Wildman–Crippen MR) is 58.1 cm³/mol. The third-order valence-corrected chi connectivity index (χ3v) is 2.29. The molecule has 0 spiro atoms. The number of nitrogens with zero attached hydrogens (tertiary/aromatic N) is 2. The number of methoxy groups -OCH3 is 1. The van der Waals surface area contributed by atoms with Gasteiger partial charge in [-0.3, -0.25) is 4.79 Å². The normalized spacial score (nSPS) is 12.3. The monoisotopic (exact) mass is 212 g/mol. The Labute approximate surface area is 91.8 Å². The Morgan fingerprint density at radius 1 is 1.53 bits per heavy atom. The van der Waals surface area contributed by atoms with Crippen LogP contribution in [0.1, 0.15) is 20.3 Å². The van der Waals surface area contributed by atoms with Gasteiger partial charge in [-0.05, 0) is 12.3 Å². The molecule has 4 heteroatoms. The van der Waals surface area contributed by atoms with E-state index in [9.17, 15) is 4.79 Å². The van der Waals surface area contributed by atoms with Crippen LogP contribution >= 0.6 is 0 Å². The lowest BCUT2D eigenvalue weighted by atomic mass is 9.96. The first-order valence-electron chi connectivity index (χ1n) is 5.18. The van der Waals surface area contributed by atoms with Crippen LogP contribution in [0.5, 0.6) is 0 Å². The molecule has 0 heterocycles. The molecular weight excluding hydrogens is 192 g/mol. The fraction of sp³-hybridized carbons (Fsp3) is 0.818. The minimum Gasteiger partial charge on any atom is -0.385 e. The summed E-state index contributed by atoms with van der Waals surface area (Å²) in [6.45, 7) is 5.04. The van der Waals surface area contributed by atoms with Gasteiger partial charge in [0, 0.05) is 27.3 Å². The number of hydrogen-bond acceptors (Lipinski definition) is 3. The van der Waals surface area contributed by atoms with Crippen molar-refractivity contribution in [1.82, 2.24) is 4.90 Å². The minimum atomic E-state index is -0.530. The van der Waals surface area contributed by atoms with E-state index in [1.807, 2.05) is 13.8 Å². The van der Waals surface area contributed by atoms with Crippen LogP contribution in [-0.2, 0) is 9.53 Å². The maximum absolute atomic E-state index is 11.8. The number of rotatable bonds is 6. The van der Waals surface area contributed by atoms with Gasteiger partial charge in [-0.25, -0.2) is 0 Å². The number of hydrogen-bond donors (Lipinski definition) is 0. The molecule has 15 heavy (non-hydrogen) atoms. The Bertz CT molecular complexity index is 233. The van der Waals surface area contributed by atoms with E-state index in [-0.39, 0.29) is 11.8 Å². The second-order valence-corrected chi connectivity index (χ2v) is 3.96. The molecule has 1 amide bonds. The van der Waals surface area contributed by atoms with Crippen LogP contribution in [0.3, 0.4) is 0 Å². The van der Waals surface area contributed by atoms with E-state index in [1.54, 1.807) is 19.1 Å². The van der Waals surface area contributed by atoms with Crippen molar-refractivity contribution in [2.24, 2.45) is 11.8 Å². The highest BCUT2D eigenvalue weighted by Crippen LogP contribution is 2.12. The van der Waals surface area contributed by atoms with Crippen molar-refractivity contribution >= 4 is 5.91 Å². The molecule has 0 aliphatic rings. The lowest BCUT2D eigenvalue weighted by Gasteiger charge is -2.21. The van der Waals surface area contributed by atoms with E-state index >= 15 is 0 Å². The summed E-state index contributed by atoms with van der Waals surface area (Å²) in [6, 6.07) is 2.05. The number of ether oxygens (including phenoxy) is 1. The van der Waals surface area contributed by atoms with Crippen molar-refractivity contribution in [2.45, 2.75) is 20.3 Å². The zero-order valence-electron chi connectivity index (χ0n) is 9.99. The highest BCUT2D eigenvalue weighted by atomic mass is 16.5. The van der Waals surface area contributed by atoms with Gasteiger partial charge in [0.05, 0.1) is 6.07 Å². The second-order valence-electron chi connectivity index (χ2n) is 3.96. The van der Waals surface area contributed by atoms with Crippen LogP contribution in [-0.4, -0.2) is 38.1 Å². The Hall–Kier alpha value is -1.08. The standard InChI is InChI=1S/C11H20N2O2/c1-9(2)10(8-12)11(14)13(3)6-5-7-15-4/h9-10H,5-7H2,1-4H3. The van der Waals surface area contributed by atoms with Crippen LogP contribution in [0.2, 0.25) is 0 Å². The lowest BCUT2D eigenvalue weighted by Crippen LogP contribution is -2.35. The third-order valence-electron chi connectivity index (χ3n) is 2.29. The van der Waals surface area contributed by atoms with Crippen molar-refractivity contribution < 1.29 is 9.53 Å². The number of amides is 1. The van der Waals surface area contributed by atoms with Gasteiger partial charge < -0.3 is 9.64 Å². The summed E-state index contributed by atoms with van der Waals surface area (Å²) in [5, 5.41) is 8.87. The van der Waals surface area contributed by atoms with Crippen LogP contribution in [0.25, 0.3) is 0 Å². The smallest absolute Gasteiger partial charge is 0.239 e.